The van der Waals surface area contributed by atoms with E-state index in [0.29, 0.717) is 17.6 Å². The van der Waals surface area contributed by atoms with Crippen LogP contribution in [-0.4, -0.2) is 91.9 Å². The number of hydrogen-bond acceptors (Lipinski definition) is 10. The first-order chi connectivity index (χ1) is 21.9. The van der Waals surface area contributed by atoms with Gasteiger partial charge in [-0.3, -0.25) is 0 Å². The van der Waals surface area contributed by atoms with Crippen LogP contribution in [0.5, 0.6) is 0 Å². The second-order valence-electron chi connectivity index (χ2n) is 15.5. The molecule has 4 heterocycles. The summed E-state index contributed by atoms with van der Waals surface area (Å²) in [5.74, 6) is -4.21. The summed E-state index contributed by atoms with van der Waals surface area (Å²) in [4.78, 5) is 13.7. The average Bonchev–Trinajstić information content (AvgIpc) is 3.65. The third kappa shape index (κ3) is 3.79. The molecule has 10 nitrogen and oxygen atoms in total. The number of hydrogen-bond donors (Lipinski definition) is 4. The Morgan fingerprint density at radius 2 is 1.74 bits per heavy atom. The maximum absolute atomic E-state index is 13.7. The van der Waals surface area contributed by atoms with Crippen LogP contribution in [0.3, 0.4) is 0 Å². The summed E-state index contributed by atoms with van der Waals surface area (Å²) in [6.45, 7) is 9.65. The number of epoxide rings is 1. The smallest absolute Gasteiger partial charge is 0.338 e. The van der Waals surface area contributed by atoms with Crippen LogP contribution in [0.1, 0.15) is 82.5 Å². The van der Waals surface area contributed by atoms with E-state index in [1.807, 2.05) is 19.9 Å². The van der Waals surface area contributed by atoms with Gasteiger partial charge in [-0.2, -0.15) is 0 Å². The Hall–Kier alpha value is -1.89. The van der Waals surface area contributed by atoms with E-state index < -0.39 is 89.2 Å². The van der Waals surface area contributed by atoms with Crippen LogP contribution in [0.4, 0.5) is 0 Å². The van der Waals surface area contributed by atoms with E-state index in [4.69, 9.17) is 23.7 Å². The molecule has 3 bridgehead atoms. The Labute approximate surface area is 270 Å². The molecule has 2 spiro atoms. The van der Waals surface area contributed by atoms with Gasteiger partial charge in [0.1, 0.15) is 41.2 Å². The van der Waals surface area contributed by atoms with Gasteiger partial charge in [0.05, 0.1) is 23.9 Å². The molecule has 3 saturated carbocycles. The maximum atomic E-state index is 13.7. The van der Waals surface area contributed by atoms with E-state index in [0.717, 1.165) is 38.5 Å². The van der Waals surface area contributed by atoms with E-state index >= 15 is 0 Å². The first-order valence-corrected chi connectivity index (χ1v) is 17.3. The van der Waals surface area contributed by atoms with Gasteiger partial charge in [0.2, 0.25) is 0 Å². The van der Waals surface area contributed by atoms with Gasteiger partial charge in [-0.1, -0.05) is 70.7 Å². The summed E-state index contributed by atoms with van der Waals surface area (Å²) in [6.07, 6.45) is 0.805. The minimum atomic E-state index is -2.10. The number of rotatable bonds is 4. The van der Waals surface area contributed by atoms with Crippen molar-refractivity contribution in [2.75, 3.05) is 6.61 Å². The maximum Gasteiger partial charge on any atom is 0.338 e. The van der Waals surface area contributed by atoms with Crippen molar-refractivity contribution in [2.45, 2.75) is 131 Å². The Balaban J connectivity index is 1.36. The molecule has 1 aromatic carbocycles. The SMILES string of the molecule is C=C(C)[C@@]12O[C@@]34CCCCCCC[C@@H](C)[C@H]5[C@H](C)[C@H](OC(=O)c6ccccc6)[C@@]6(O)[C@H](O)[C@@]7(CO)O[C@H]7[C@@H]([C@H]1O3)[C@@](C[C@H]2O)(O4)[C@H]56. The van der Waals surface area contributed by atoms with E-state index in [1.54, 1.807) is 24.3 Å². The van der Waals surface area contributed by atoms with Crippen molar-refractivity contribution in [1.82, 2.24) is 0 Å². The van der Waals surface area contributed by atoms with Gasteiger partial charge >= 0.3 is 5.97 Å². The van der Waals surface area contributed by atoms with Crippen LogP contribution in [0.15, 0.2) is 42.5 Å². The highest BCUT2D eigenvalue weighted by Crippen LogP contribution is 2.74. The van der Waals surface area contributed by atoms with Crippen LogP contribution < -0.4 is 0 Å². The van der Waals surface area contributed by atoms with Gasteiger partial charge in [0.25, 0.3) is 5.97 Å². The Morgan fingerprint density at radius 3 is 2.46 bits per heavy atom. The predicted octanol–water partition coefficient (Wildman–Crippen LogP) is 3.24. The van der Waals surface area contributed by atoms with Crippen LogP contribution in [-0.2, 0) is 23.7 Å². The molecule has 8 rings (SSSR count). The minimum Gasteiger partial charge on any atom is -0.455 e. The topological polar surface area (TPSA) is 147 Å². The number of carbonyl (C=O) groups excluding carboxylic acids is 1. The first-order valence-electron chi connectivity index (χ1n) is 17.3. The van der Waals surface area contributed by atoms with Crippen molar-refractivity contribution >= 4 is 5.97 Å². The highest BCUT2D eigenvalue weighted by atomic mass is 16.9. The fourth-order valence-corrected chi connectivity index (χ4v) is 11.3. The monoisotopic (exact) mass is 640 g/mol. The summed E-state index contributed by atoms with van der Waals surface area (Å²) in [6, 6.07) is 8.62. The molecule has 15 atom stereocenters. The van der Waals surface area contributed by atoms with E-state index in [-0.39, 0.29) is 18.3 Å². The Bertz CT molecular complexity index is 1400. The van der Waals surface area contributed by atoms with Crippen LogP contribution >= 0.6 is 0 Å². The van der Waals surface area contributed by atoms with E-state index in [9.17, 15) is 25.2 Å². The number of aliphatic hydroxyl groups is 4. The molecule has 7 fully saturated rings. The second-order valence-corrected chi connectivity index (χ2v) is 15.5. The van der Waals surface area contributed by atoms with Gasteiger partial charge in [0, 0.05) is 24.7 Å². The van der Waals surface area contributed by atoms with Gasteiger partial charge < -0.3 is 44.1 Å². The zero-order valence-electron chi connectivity index (χ0n) is 27.0. The van der Waals surface area contributed by atoms with Crippen molar-refractivity contribution in [3.63, 3.8) is 0 Å². The van der Waals surface area contributed by atoms with Gasteiger partial charge in [-0.15, -0.1) is 0 Å². The molecule has 252 valence electrons. The fourth-order valence-electron chi connectivity index (χ4n) is 11.3. The Morgan fingerprint density at radius 1 is 1.02 bits per heavy atom. The lowest BCUT2D eigenvalue weighted by Crippen LogP contribution is -2.74. The number of fused-ring (bicyclic) bond motifs is 1. The molecule has 0 amide bonds. The number of carbonyl (C=O) groups is 1. The third-order valence-electron chi connectivity index (χ3n) is 13.2. The zero-order chi connectivity index (χ0) is 32.4. The van der Waals surface area contributed by atoms with Gasteiger partial charge in [0.15, 0.2) is 0 Å². The van der Waals surface area contributed by atoms with Crippen molar-refractivity contribution in [3.8, 4) is 0 Å². The molecular formula is C36H48O10. The predicted molar refractivity (Wildman–Crippen MR) is 163 cm³/mol. The number of esters is 1. The first kappa shape index (κ1) is 31.4. The average molecular weight is 641 g/mol. The van der Waals surface area contributed by atoms with Crippen molar-refractivity contribution < 1.29 is 48.9 Å². The second kappa shape index (κ2) is 10.3. The molecule has 7 aliphatic rings. The molecule has 46 heavy (non-hydrogen) atoms. The number of aliphatic hydroxyl groups excluding tert-OH is 3. The molecule has 4 saturated heterocycles. The summed E-state index contributed by atoms with van der Waals surface area (Å²) in [5.41, 5.74) is -5.33. The molecule has 3 aliphatic carbocycles. The lowest BCUT2D eigenvalue weighted by atomic mass is 9.54. The van der Waals surface area contributed by atoms with Crippen molar-refractivity contribution in [3.05, 3.63) is 48.0 Å². The van der Waals surface area contributed by atoms with Crippen molar-refractivity contribution in [2.24, 2.45) is 29.6 Å². The third-order valence-corrected chi connectivity index (χ3v) is 13.2. The molecule has 4 aliphatic heterocycles. The largest absolute Gasteiger partial charge is 0.455 e. The molecule has 0 radical (unpaired) electrons. The minimum absolute atomic E-state index is 0.0429. The summed E-state index contributed by atoms with van der Waals surface area (Å²) in [5, 5.41) is 48.9. The molecule has 0 unspecified atom stereocenters. The van der Waals surface area contributed by atoms with Gasteiger partial charge in [-0.25, -0.2) is 4.79 Å². The number of benzene rings is 1. The van der Waals surface area contributed by atoms with Crippen molar-refractivity contribution in [1.29, 1.82) is 0 Å². The molecule has 4 N–H and O–H groups in total. The van der Waals surface area contributed by atoms with Gasteiger partial charge in [-0.05, 0) is 48.8 Å². The van der Waals surface area contributed by atoms with Crippen LogP contribution in [0.2, 0.25) is 0 Å². The molecular weight excluding hydrogens is 592 g/mol. The zero-order valence-corrected chi connectivity index (χ0v) is 27.0. The lowest BCUT2D eigenvalue weighted by molar-refractivity contribution is -0.431. The Kier molecular flexibility index (Phi) is 7.03. The molecule has 0 aromatic heterocycles. The highest BCUT2D eigenvalue weighted by Gasteiger charge is 2.90. The fraction of sp³-hybridized carbons (Fsp3) is 0.750. The van der Waals surface area contributed by atoms with E-state index in [1.165, 1.54) is 0 Å². The summed E-state index contributed by atoms with van der Waals surface area (Å²) < 4.78 is 33.4. The highest BCUT2D eigenvalue weighted by molar-refractivity contribution is 5.89. The molecule has 10 heteroatoms. The molecule has 1 aromatic rings. The summed E-state index contributed by atoms with van der Waals surface area (Å²) >= 11 is 0. The quantitative estimate of drug-likeness (QED) is 0.220. The normalized spacial score (nSPS) is 53.6. The van der Waals surface area contributed by atoms with E-state index in [2.05, 4.69) is 13.5 Å². The summed E-state index contributed by atoms with van der Waals surface area (Å²) in [7, 11) is 0. The number of ether oxygens (including phenoxy) is 5. The van der Waals surface area contributed by atoms with Crippen LogP contribution in [0.25, 0.3) is 0 Å². The lowest BCUT2D eigenvalue weighted by Gasteiger charge is -2.60. The van der Waals surface area contributed by atoms with Crippen LogP contribution in [0, 0.1) is 29.6 Å². The standard InChI is InChI=1S/C36H48O10/c1-19(2)36-23(38)17-32-25-28-33(18-37,43-28)31(40)35(41)26(32)24(21(4)27(35)42-30(39)22-14-10-8-11-15-22)20(3)13-9-6-5-7-12-16-34(45-32,46-36)44-29(25)36/h8,10-11,14-15,20-21,23-29,31,37-38,40-41H,1,5-7,9,12-13,16-18H2,2-4H3/t20-,21+,23-,24+,25+,26+,27+,28+,29-,31-,32-,33+,34+,35-,36+/m1/s1.